The molecular weight excluding hydrogens is 272 g/mol. The molecule has 1 aliphatic carbocycles. The lowest BCUT2D eigenvalue weighted by atomic mass is 9.89. The van der Waals surface area contributed by atoms with Crippen molar-refractivity contribution in [3.8, 4) is 0 Å². The van der Waals surface area contributed by atoms with Crippen molar-refractivity contribution in [2.75, 3.05) is 12.3 Å². The van der Waals surface area contributed by atoms with Crippen LogP contribution in [0.2, 0.25) is 0 Å². The monoisotopic (exact) mass is 290 g/mol. The molecule has 20 heavy (non-hydrogen) atoms. The predicted octanol–water partition coefficient (Wildman–Crippen LogP) is 2.58. The van der Waals surface area contributed by atoms with Crippen molar-refractivity contribution in [2.24, 2.45) is 5.92 Å². The van der Waals surface area contributed by atoms with Gasteiger partial charge in [-0.15, -0.1) is 11.3 Å². The molecule has 1 fully saturated rings. The Labute approximate surface area is 121 Å². The van der Waals surface area contributed by atoms with Gasteiger partial charge in [-0.1, -0.05) is 19.3 Å². The van der Waals surface area contributed by atoms with Crippen molar-refractivity contribution < 1.29 is 4.79 Å². The number of thiophene rings is 1. The molecule has 2 heterocycles. The zero-order valence-electron chi connectivity index (χ0n) is 11.3. The van der Waals surface area contributed by atoms with E-state index in [0.29, 0.717) is 26.8 Å². The number of fused-ring (bicyclic) bond motifs is 1. The van der Waals surface area contributed by atoms with Crippen molar-refractivity contribution in [1.29, 1.82) is 0 Å². The summed E-state index contributed by atoms with van der Waals surface area (Å²) in [6, 6.07) is 0. The normalized spacial score (nSPS) is 16.4. The van der Waals surface area contributed by atoms with E-state index in [-0.39, 0.29) is 5.91 Å². The Balaban J connectivity index is 1.70. The summed E-state index contributed by atoms with van der Waals surface area (Å²) in [5.74, 6) is 0.512. The maximum absolute atomic E-state index is 12.2. The maximum atomic E-state index is 12.2. The molecule has 1 saturated carbocycles. The van der Waals surface area contributed by atoms with Crippen LogP contribution in [0.3, 0.4) is 0 Å². The minimum absolute atomic E-state index is 0.0992. The van der Waals surface area contributed by atoms with Gasteiger partial charge in [-0.3, -0.25) is 4.79 Å². The van der Waals surface area contributed by atoms with Crippen LogP contribution in [0.25, 0.3) is 10.3 Å². The fourth-order valence-electron chi connectivity index (χ4n) is 2.72. The third-order valence-electron chi connectivity index (χ3n) is 3.85. The minimum Gasteiger partial charge on any atom is -0.396 e. The van der Waals surface area contributed by atoms with Crippen LogP contribution in [-0.4, -0.2) is 22.4 Å². The molecule has 0 spiro atoms. The van der Waals surface area contributed by atoms with Crippen molar-refractivity contribution in [3.05, 3.63) is 17.3 Å². The van der Waals surface area contributed by atoms with Gasteiger partial charge in [0, 0.05) is 18.9 Å². The van der Waals surface area contributed by atoms with Gasteiger partial charge >= 0.3 is 0 Å². The SMILES string of the molecule is Nc1c(C(=O)NCC2CCCCC2)sc2nccnc12. The number of carbonyl (C=O) groups excluding carboxylic acids is 1. The minimum atomic E-state index is -0.0992. The van der Waals surface area contributed by atoms with Crippen molar-refractivity contribution >= 4 is 33.3 Å². The van der Waals surface area contributed by atoms with Gasteiger partial charge in [-0.05, 0) is 18.8 Å². The fraction of sp³-hybridized carbons (Fsp3) is 0.500. The molecule has 2 aromatic rings. The van der Waals surface area contributed by atoms with E-state index in [1.54, 1.807) is 12.4 Å². The molecule has 2 aromatic heterocycles. The standard InChI is InChI=1S/C14H18N4OS/c15-10-11-14(17-7-6-16-11)20-12(10)13(19)18-8-9-4-2-1-3-5-9/h6-7,9H,1-5,8,15H2,(H,18,19). The fourth-order valence-corrected chi connectivity index (χ4v) is 3.66. The number of hydrogen-bond acceptors (Lipinski definition) is 5. The summed E-state index contributed by atoms with van der Waals surface area (Å²) < 4.78 is 0. The Morgan fingerprint density at radius 2 is 2.05 bits per heavy atom. The number of amides is 1. The van der Waals surface area contributed by atoms with Gasteiger partial charge in [0.25, 0.3) is 5.91 Å². The third-order valence-corrected chi connectivity index (χ3v) is 4.95. The van der Waals surface area contributed by atoms with E-state index in [4.69, 9.17) is 5.73 Å². The van der Waals surface area contributed by atoms with E-state index < -0.39 is 0 Å². The highest BCUT2D eigenvalue weighted by Crippen LogP contribution is 2.30. The molecule has 1 aliphatic rings. The van der Waals surface area contributed by atoms with Crippen molar-refractivity contribution in [2.45, 2.75) is 32.1 Å². The first-order chi connectivity index (χ1) is 9.75. The summed E-state index contributed by atoms with van der Waals surface area (Å²) in [6.45, 7) is 0.743. The van der Waals surface area contributed by atoms with Crippen LogP contribution < -0.4 is 11.1 Å². The second kappa shape index (κ2) is 5.75. The number of carbonyl (C=O) groups is 1. The molecule has 0 unspecified atom stereocenters. The molecule has 0 bridgehead atoms. The number of nitrogen functional groups attached to an aromatic ring is 1. The molecule has 0 atom stereocenters. The van der Waals surface area contributed by atoms with Crippen LogP contribution >= 0.6 is 11.3 Å². The molecule has 106 valence electrons. The quantitative estimate of drug-likeness (QED) is 0.910. The van der Waals surface area contributed by atoms with Gasteiger partial charge < -0.3 is 11.1 Å². The zero-order chi connectivity index (χ0) is 13.9. The molecule has 0 aromatic carbocycles. The Bertz CT molecular complexity index is 619. The summed E-state index contributed by atoms with van der Waals surface area (Å²) in [6.07, 6.45) is 9.51. The summed E-state index contributed by atoms with van der Waals surface area (Å²) in [7, 11) is 0. The lowest BCUT2D eigenvalue weighted by Gasteiger charge is -2.21. The number of aromatic nitrogens is 2. The number of nitrogens with one attached hydrogen (secondary N) is 1. The van der Waals surface area contributed by atoms with E-state index in [0.717, 1.165) is 6.54 Å². The maximum Gasteiger partial charge on any atom is 0.263 e. The van der Waals surface area contributed by atoms with Gasteiger partial charge in [-0.2, -0.15) is 0 Å². The van der Waals surface area contributed by atoms with E-state index in [1.165, 1.54) is 43.4 Å². The molecule has 0 aliphatic heterocycles. The molecule has 6 heteroatoms. The zero-order valence-corrected chi connectivity index (χ0v) is 12.1. The van der Waals surface area contributed by atoms with E-state index in [2.05, 4.69) is 15.3 Å². The first-order valence-corrected chi connectivity index (χ1v) is 7.84. The summed E-state index contributed by atoms with van der Waals surface area (Å²) >= 11 is 1.31. The first kappa shape index (κ1) is 13.3. The molecule has 3 rings (SSSR count). The van der Waals surface area contributed by atoms with Crippen LogP contribution in [0.1, 0.15) is 41.8 Å². The second-order valence-electron chi connectivity index (χ2n) is 5.27. The van der Waals surface area contributed by atoms with Gasteiger partial charge in [0.2, 0.25) is 0 Å². The topological polar surface area (TPSA) is 80.9 Å². The van der Waals surface area contributed by atoms with Crippen LogP contribution in [0.15, 0.2) is 12.4 Å². The van der Waals surface area contributed by atoms with Crippen LogP contribution in [0, 0.1) is 5.92 Å². The van der Waals surface area contributed by atoms with Crippen molar-refractivity contribution in [1.82, 2.24) is 15.3 Å². The van der Waals surface area contributed by atoms with Gasteiger partial charge in [-0.25, -0.2) is 9.97 Å². The van der Waals surface area contributed by atoms with Gasteiger partial charge in [0.05, 0.1) is 5.69 Å². The average molecular weight is 290 g/mol. The molecule has 5 nitrogen and oxygen atoms in total. The van der Waals surface area contributed by atoms with Crippen molar-refractivity contribution in [3.63, 3.8) is 0 Å². The Kier molecular flexibility index (Phi) is 3.82. The van der Waals surface area contributed by atoms with Crippen LogP contribution in [0.5, 0.6) is 0 Å². The summed E-state index contributed by atoms with van der Waals surface area (Å²) in [5, 5.41) is 3.01. The summed E-state index contributed by atoms with van der Waals surface area (Å²) in [5.41, 5.74) is 7.06. The highest BCUT2D eigenvalue weighted by Gasteiger charge is 2.19. The lowest BCUT2D eigenvalue weighted by molar-refractivity contribution is 0.0948. The van der Waals surface area contributed by atoms with E-state index >= 15 is 0 Å². The number of nitrogens with zero attached hydrogens (tertiary/aromatic N) is 2. The highest BCUT2D eigenvalue weighted by atomic mass is 32.1. The number of anilines is 1. The van der Waals surface area contributed by atoms with Gasteiger partial charge in [0.1, 0.15) is 15.2 Å². The Morgan fingerprint density at radius 3 is 2.80 bits per heavy atom. The third kappa shape index (κ3) is 2.60. The lowest BCUT2D eigenvalue weighted by Crippen LogP contribution is -2.30. The number of nitrogens with two attached hydrogens (primary N) is 1. The number of rotatable bonds is 3. The smallest absolute Gasteiger partial charge is 0.263 e. The first-order valence-electron chi connectivity index (χ1n) is 7.03. The largest absolute Gasteiger partial charge is 0.396 e. The van der Waals surface area contributed by atoms with Crippen LogP contribution in [-0.2, 0) is 0 Å². The van der Waals surface area contributed by atoms with Crippen LogP contribution in [0.4, 0.5) is 5.69 Å². The van der Waals surface area contributed by atoms with Gasteiger partial charge in [0.15, 0.2) is 0 Å². The predicted molar refractivity (Wildman–Crippen MR) is 80.7 cm³/mol. The highest BCUT2D eigenvalue weighted by molar-refractivity contribution is 7.21. The summed E-state index contributed by atoms with van der Waals surface area (Å²) in [4.78, 5) is 21.9. The Hall–Kier alpha value is -1.69. The van der Waals surface area contributed by atoms with E-state index in [9.17, 15) is 4.79 Å². The molecule has 0 saturated heterocycles. The number of hydrogen-bond donors (Lipinski definition) is 2. The van der Waals surface area contributed by atoms with E-state index in [1.807, 2.05) is 0 Å². The Morgan fingerprint density at radius 1 is 1.30 bits per heavy atom. The molecule has 0 radical (unpaired) electrons. The molecule has 3 N–H and O–H groups in total. The average Bonchev–Trinajstić information content (AvgIpc) is 2.84. The second-order valence-corrected chi connectivity index (χ2v) is 6.27. The molecular formula is C14H18N4OS. The molecule has 1 amide bonds.